The molecule has 0 saturated heterocycles. The number of carbonyl (C=O) groups is 2. The predicted octanol–water partition coefficient (Wildman–Crippen LogP) is 3.07. The number of carbonyl (C=O) groups excluding carboxylic acids is 2. The van der Waals surface area contributed by atoms with Gasteiger partial charge in [0.15, 0.2) is 5.49 Å². The first-order chi connectivity index (χ1) is 16.5. The number of fused-ring (bicyclic) bond motifs is 2. The predicted molar refractivity (Wildman–Crippen MR) is 127 cm³/mol. The summed E-state index contributed by atoms with van der Waals surface area (Å²) >= 11 is 0. The lowest BCUT2D eigenvalue weighted by atomic mass is 10.2. The van der Waals surface area contributed by atoms with Gasteiger partial charge in [0.25, 0.3) is 11.5 Å². The summed E-state index contributed by atoms with van der Waals surface area (Å²) in [5.41, 5.74) is 1.79. The summed E-state index contributed by atoms with van der Waals surface area (Å²) in [7, 11) is 0. The van der Waals surface area contributed by atoms with E-state index in [0.717, 1.165) is 18.4 Å². The third-order valence-electron chi connectivity index (χ3n) is 5.45. The zero-order valence-electron chi connectivity index (χ0n) is 19.3. The van der Waals surface area contributed by atoms with E-state index < -0.39 is 11.9 Å². The van der Waals surface area contributed by atoms with E-state index in [4.69, 9.17) is 9.72 Å². The fourth-order valence-corrected chi connectivity index (χ4v) is 3.74. The molecule has 4 aromatic rings. The molecule has 0 N–H and O–H groups in total. The normalized spacial score (nSPS) is 11.8. The van der Waals surface area contributed by atoms with Crippen LogP contribution in [0.1, 0.15) is 53.0 Å². The maximum Gasteiger partial charge on any atom is 0.341 e. The Labute approximate surface area is 195 Å². The first-order valence-electron chi connectivity index (χ1n) is 11.2. The topological polar surface area (TPSA) is 108 Å². The van der Waals surface area contributed by atoms with Crippen LogP contribution in [0.25, 0.3) is 16.7 Å². The van der Waals surface area contributed by atoms with Crippen LogP contribution in [0, 0.1) is 6.92 Å². The van der Waals surface area contributed by atoms with Crippen LogP contribution in [0.2, 0.25) is 0 Å². The summed E-state index contributed by atoms with van der Waals surface area (Å²) in [6.07, 6.45) is 6.18. The lowest BCUT2D eigenvalue weighted by Gasteiger charge is -2.15. The van der Waals surface area contributed by atoms with Crippen molar-refractivity contribution in [2.24, 2.45) is 4.99 Å². The molecule has 0 spiro atoms. The molecule has 34 heavy (non-hydrogen) atoms. The number of pyridine rings is 3. The lowest BCUT2D eigenvalue weighted by Crippen LogP contribution is -2.33. The van der Waals surface area contributed by atoms with Crippen molar-refractivity contribution in [3.63, 3.8) is 0 Å². The van der Waals surface area contributed by atoms with E-state index in [2.05, 4.69) is 9.98 Å². The number of aromatic nitrogens is 4. The molecule has 9 heteroatoms. The molecular formula is C25H25N5O4. The van der Waals surface area contributed by atoms with Crippen molar-refractivity contribution in [2.75, 3.05) is 6.61 Å². The van der Waals surface area contributed by atoms with Crippen molar-refractivity contribution in [3.05, 3.63) is 81.5 Å². The molecule has 4 heterocycles. The average Bonchev–Trinajstić information content (AvgIpc) is 2.84. The zero-order valence-corrected chi connectivity index (χ0v) is 19.3. The molecule has 9 nitrogen and oxygen atoms in total. The molecule has 4 aromatic heterocycles. The number of amides is 1. The van der Waals surface area contributed by atoms with Gasteiger partial charge in [0.2, 0.25) is 0 Å². The minimum absolute atomic E-state index is 0.0363. The molecule has 0 radical (unpaired) electrons. The third-order valence-corrected chi connectivity index (χ3v) is 5.45. The zero-order chi connectivity index (χ0) is 24.2. The minimum Gasteiger partial charge on any atom is -0.462 e. The van der Waals surface area contributed by atoms with E-state index in [1.54, 1.807) is 42.1 Å². The largest absolute Gasteiger partial charge is 0.462 e. The Hall–Kier alpha value is -4.14. The van der Waals surface area contributed by atoms with Gasteiger partial charge < -0.3 is 9.30 Å². The number of aryl methyl sites for hydroxylation is 2. The highest BCUT2D eigenvalue weighted by Crippen LogP contribution is 2.14. The molecule has 0 bridgehead atoms. The Balaban J connectivity index is 2.15. The maximum atomic E-state index is 13.4. The van der Waals surface area contributed by atoms with Gasteiger partial charge in [0.05, 0.1) is 17.6 Å². The molecule has 0 aliphatic heterocycles. The standard InChI is InChI=1S/C25H25N5O4/c1-4-6-12-29-21-18(24(32)30-13-8-9-16(3)20(30)27-21)14-19(25(33)34-5-2)22(29)28-23(31)17-10-7-11-26-15-17/h7-11,13-15H,4-6,12H2,1-3H3. The quantitative estimate of drug-likeness (QED) is 0.324. The number of unbranched alkanes of at least 4 members (excludes halogenated alkanes) is 1. The number of ether oxygens (including phenoxy) is 1. The molecule has 0 unspecified atom stereocenters. The van der Waals surface area contributed by atoms with Crippen LogP contribution in [0.5, 0.6) is 0 Å². The van der Waals surface area contributed by atoms with Gasteiger partial charge in [0, 0.05) is 25.1 Å². The Morgan fingerprint density at radius 2 is 1.97 bits per heavy atom. The van der Waals surface area contributed by atoms with Gasteiger partial charge in [-0.05, 0) is 50.1 Å². The summed E-state index contributed by atoms with van der Waals surface area (Å²) in [4.78, 5) is 52.4. The van der Waals surface area contributed by atoms with Crippen LogP contribution in [-0.2, 0) is 11.3 Å². The summed E-state index contributed by atoms with van der Waals surface area (Å²) in [5.74, 6) is -1.22. The first kappa shape index (κ1) is 23.0. The lowest BCUT2D eigenvalue weighted by molar-refractivity contribution is 0.0523. The van der Waals surface area contributed by atoms with E-state index in [1.807, 2.05) is 19.9 Å². The number of hydrogen-bond acceptors (Lipinski definition) is 6. The van der Waals surface area contributed by atoms with Crippen molar-refractivity contribution in [2.45, 2.75) is 40.2 Å². The molecule has 1 amide bonds. The van der Waals surface area contributed by atoms with Crippen molar-refractivity contribution in [3.8, 4) is 0 Å². The van der Waals surface area contributed by atoms with Gasteiger partial charge >= 0.3 is 5.97 Å². The van der Waals surface area contributed by atoms with Crippen LogP contribution >= 0.6 is 0 Å². The molecule has 0 aliphatic rings. The molecule has 0 saturated carbocycles. The van der Waals surface area contributed by atoms with E-state index in [-0.39, 0.29) is 34.2 Å². The summed E-state index contributed by atoms with van der Waals surface area (Å²) in [6, 6.07) is 8.30. The Kier molecular flexibility index (Phi) is 6.62. The van der Waals surface area contributed by atoms with Gasteiger partial charge in [-0.2, -0.15) is 4.99 Å². The fraction of sp³-hybridized carbons (Fsp3) is 0.280. The maximum absolute atomic E-state index is 13.4. The highest BCUT2D eigenvalue weighted by atomic mass is 16.5. The monoisotopic (exact) mass is 459 g/mol. The number of hydrogen-bond donors (Lipinski definition) is 0. The second-order valence-corrected chi connectivity index (χ2v) is 7.80. The Bertz CT molecular complexity index is 1520. The average molecular weight is 460 g/mol. The molecule has 4 rings (SSSR count). The van der Waals surface area contributed by atoms with Crippen LogP contribution in [0.15, 0.2) is 58.7 Å². The van der Waals surface area contributed by atoms with Crippen LogP contribution < -0.4 is 11.0 Å². The van der Waals surface area contributed by atoms with Gasteiger partial charge in [-0.25, -0.2) is 9.78 Å². The molecule has 0 fully saturated rings. The van der Waals surface area contributed by atoms with Crippen LogP contribution in [0.4, 0.5) is 0 Å². The Morgan fingerprint density at radius 1 is 1.15 bits per heavy atom. The van der Waals surface area contributed by atoms with E-state index >= 15 is 0 Å². The fourth-order valence-electron chi connectivity index (χ4n) is 3.74. The molecule has 0 atom stereocenters. The van der Waals surface area contributed by atoms with E-state index in [1.165, 1.54) is 16.7 Å². The smallest absolute Gasteiger partial charge is 0.341 e. The minimum atomic E-state index is -0.666. The number of rotatable bonds is 6. The van der Waals surface area contributed by atoms with Crippen LogP contribution in [0.3, 0.4) is 0 Å². The van der Waals surface area contributed by atoms with Crippen molar-refractivity contribution < 1.29 is 14.3 Å². The van der Waals surface area contributed by atoms with Crippen molar-refractivity contribution in [1.29, 1.82) is 0 Å². The SMILES string of the molecule is CCCCn1c(=NC(=O)c2cccnc2)c(C(=O)OCC)cc2c(=O)n3cccc(C)c3nc21. The van der Waals surface area contributed by atoms with Crippen molar-refractivity contribution in [1.82, 2.24) is 18.9 Å². The van der Waals surface area contributed by atoms with Crippen molar-refractivity contribution >= 4 is 28.6 Å². The number of nitrogens with zero attached hydrogens (tertiary/aromatic N) is 5. The van der Waals surface area contributed by atoms with Gasteiger partial charge in [-0.1, -0.05) is 19.4 Å². The Morgan fingerprint density at radius 3 is 2.68 bits per heavy atom. The second-order valence-electron chi connectivity index (χ2n) is 7.80. The summed E-state index contributed by atoms with van der Waals surface area (Å²) in [5, 5.41) is 0.245. The molecule has 174 valence electrons. The first-order valence-corrected chi connectivity index (χ1v) is 11.2. The molecule has 0 aromatic carbocycles. The highest BCUT2D eigenvalue weighted by molar-refractivity contribution is 5.97. The third kappa shape index (κ3) is 4.24. The summed E-state index contributed by atoms with van der Waals surface area (Å²) < 4.78 is 8.37. The van der Waals surface area contributed by atoms with E-state index in [9.17, 15) is 14.4 Å². The van der Waals surface area contributed by atoms with Gasteiger partial charge in [-0.15, -0.1) is 0 Å². The number of esters is 1. The van der Waals surface area contributed by atoms with Gasteiger partial charge in [0.1, 0.15) is 16.9 Å². The highest BCUT2D eigenvalue weighted by Gasteiger charge is 2.20. The van der Waals surface area contributed by atoms with E-state index in [0.29, 0.717) is 17.8 Å². The molecule has 0 aliphatic carbocycles. The van der Waals surface area contributed by atoms with Gasteiger partial charge in [-0.3, -0.25) is 19.0 Å². The van der Waals surface area contributed by atoms with Crippen LogP contribution in [-0.4, -0.2) is 37.4 Å². The molecular weight excluding hydrogens is 434 g/mol. The summed E-state index contributed by atoms with van der Waals surface area (Å²) in [6.45, 7) is 6.13. The second kappa shape index (κ2) is 9.78.